The molecule has 0 N–H and O–H groups in total. The van der Waals surface area contributed by atoms with Crippen LogP contribution >= 0.6 is 22.9 Å². The van der Waals surface area contributed by atoms with Crippen LogP contribution in [0.4, 0.5) is 0 Å². The summed E-state index contributed by atoms with van der Waals surface area (Å²) in [5, 5.41) is 0. The van der Waals surface area contributed by atoms with Crippen LogP contribution < -0.4 is 0 Å². The van der Waals surface area contributed by atoms with Gasteiger partial charge in [0.15, 0.2) is 0 Å². The lowest BCUT2D eigenvalue weighted by Crippen LogP contribution is -2.22. The van der Waals surface area contributed by atoms with E-state index in [9.17, 15) is 0 Å². The summed E-state index contributed by atoms with van der Waals surface area (Å²) >= 11 is 2.35. The third-order valence-corrected chi connectivity index (χ3v) is 3.13. The second-order valence-corrected chi connectivity index (χ2v) is 4.44. The number of rotatable bonds is 6. The summed E-state index contributed by atoms with van der Waals surface area (Å²) in [6.07, 6.45) is 6.78. The number of allylic oxidation sites excluding steroid dienone is 3. The molecule has 0 amide bonds. The zero-order chi connectivity index (χ0) is 10.3. The zero-order valence-electron chi connectivity index (χ0n) is 8.46. The van der Waals surface area contributed by atoms with E-state index in [2.05, 4.69) is 59.1 Å². The molecule has 0 fully saturated rings. The van der Waals surface area contributed by atoms with Crippen LogP contribution in [0.3, 0.4) is 0 Å². The highest BCUT2D eigenvalue weighted by Crippen LogP contribution is 2.12. The van der Waals surface area contributed by atoms with E-state index < -0.39 is 0 Å². The van der Waals surface area contributed by atoms with Crippen molar-refractivity contribution in [2.24, 2.45) is 0 Å². The third-order valence-electron chi connectivity index (χ3n) is 1.67. The molecule has 1 nitrogen and oxygen atoms in total. The molecule has 0 spiro atoms. The van der Waals surface area contributed by atoms with Crippen molar-refractivity contribution in [3.63, 3.8) is 0 Å². The maximum absolute atomic E-state index is 3.74. The molecule has 13 heavy (non-hydrogen) atoms. The van der Waals surface area contributed by atoms with Crippen molar-refractivity contribution in [3.8, 4) is 0 Å². The molecule has 0 saturated carbocycles. The first-order chi connectivity index (χ1) is 6.11. The van der Waals surface area contributed by atoms with Crippen LogP contribution in [0.15, 0.2) is 37.0 Å². The minimum Gasteiger partial charge on any atom is -0.241 e. The highest BCUT2D eigenvalue weighted by Gasteiger charge is 2.06. The van der Waals surface area contributed by atoms with Gasteiger partial charge in [0.25, 0.3) is 0 Å². The van der Waals surface area contributed by atoms with Crippen molar-refractivity contribution in [3.05, 3.63) is 37.0 Å². The Morgan fingerprint density at radius 3 is 2.46 bits per heavy atom. The Balaban J connectivity index is 4.16. The summed E-state index contributed by atoms with van der Waals surface area (Å²) in [4.78, 5) is 0. The summed E-state index contributed by atoms with van der Waals surface area (Å²) < 4.78 is 2.27. The summed E-state index contributed by atoms with van der Waals surface area (Å²) in [5.41, 5.74) is 1.35. The molecule has 0 rings (SSSR count). The van der Waals surface area contributed by atoms with Gasteiger partial charge in [-0.3, -0.25) is 0 Å². The monoisotopic (exact) mass is 291 g/mol. The number of hydrogen-bond donors (Lipinski definition) is 0. The number of nitrogens with zero attached hydrogens (tertiary/aromatic N) is 1. The fraction of sp³-hybridized carbons (Fsp3) is 0.455. The van der Waals surface area contributed by atoms with Crippen LogP contribution in [0, 0.1) is 0 Å². The number of halogens is 1. The van der Waals surface area contributed by atoms with Gasteiger partial charge in [-0.15, -0.1) is 6.58 Å². The van der Waals surface area contributed by atoms with Crippen molar-refractivity contribution < 1.29 is 0 Å². The van der Waals surface area contributed by atoms with E-state index in [1.807, 2.05) is 12.2 Å². The molecule has 74 valence electrons. The standard InChI is InChI=1S/C11H18IN/c1-5-7-11(8-6-2)9-13(12)10(3)4/h5-7,10H,1-2,8-9H2,3-4H3/b11-7-. The topological polar surface area (TPSA) is 3.24 Å². The molecular formula is C11H18IN. The third kappa shape index (κ3) is 6.05. The van der Waals surface area contributed by atoms with Crippen molar-refractivity contribution in [2.45, 2.75) is 26.3 Å². The van der Waals surface area contributed by atoms with Crippen molar-refractivity contribution in [1.29, 1.82) is 0 Å². The summed E-state index contributed by atoms with van der Waals surface area (Å²) in [6.45, 7) is 12.8. The van der Waals surface area contributed by atoms with E-state index in [0.29, 0.717) is 6.04 Å². The highest BCUT2D eigenvalue weighted by atomic mass is 127. The van der Waals surface area contributed by atoms with Crippen molar-refractivity contribution in [2.75, 3.05) is 6.54 Å². The molecule has 0 aromatic carbocycles. The van der Waals surface area contributed by atoms with E-state index in [-0.39, 0.29) is 0 Å². The summed E-state index contributed by atoms with van der Waals surface area (Å²) in [6, 6.07) is 0.568. The Bertz CT molecular complexity index is 194. The SMILES string of the molecule is C=C/C=C(/CC=C)CN(I)C(C)C. The molecule has 0 aromatic heterocycles. The minimum atomic E-state index is 0.568. The van der Waals surface area contributed by atoms with Gasteiger partial charge in [0.1, 0.15) is 0 Å². The van der Waals surface area contributed by atoms with Gasteiger partial charge in [0.05, 0.1) is 0 Å². The van der Waals surface area contributed by atoms with Gasteiger partial charge in [-0.05, 0) is 20.3 Å². The van der Waals surface area contributed by atoms with Gasteiger partial charge in [-0.1, -0.05) is 30.4 Å². The van der Waals surface area contributed by atoms with E-state index in [4.69, 9.17) is 0 Å². The maximum Gasteiger partial charge on any atom is 0.0300 e. The van der Waals surface area contributed by atoms with Crippen LogP contribution in [0.1, 0.15) is 20.3 Å². The second kappa shape index (κ2) is 7.33. The van der Waals surface area contributed by atoms with Crippen LogP contribution in [0.5, 0.6) is 0 Å². The first kappa shape index (κ1) is 12.9. The van der Waals surface area contributed by atoms with Gasteiger partial charge < -0.3 is 0 Å². The quantitative estimate of drug-likeness (QED) is 0.312. The largest absolute Gasteiger partial charge is 0.241 e. The second-order valence-electron chi connectivity index (χ2n) is 3.20. The van der Waals surface area contributed by atoms with E-state index in [1.54, 1.807) is 0 Å². The lowest BCUT2D eigenvalue weighted by molar-refractivity contribution is 0.457. The number of hydrogen-bond acceptors (Lipinski definition) is 1. The molecule has 0 atom stereocenters. The maximum atomic E-state index is 3.74. The predicted molar refractivity (Wildman–Crippen MR) is 69.0 cm³/mol. The van der Waals surface area contributed by atoms with Gasteiger partial charge in [-0.2, -0.15) is 0 Å². The van der Waals surface area contributed by atoms with Gasteiger partial charge in [0, 0.05) is 35.5 Å². The summed E-state index contributed by atoms with van der Waals surface area (Å²) in [7, 11) is 0. The summed E-state index contributed by atoms with van der Waals surface area (Å²) in [5.74, 6) is 0. The molecule has 0 aliphatic rings. The molecule has 0 unspecified atom stereocenters. The first-order valence-corrected chi connectivity index (χ1v) is 5.42. The fourth-order valence-electron chi connectivity index (χ4n) is 0.914. The minimum absolute atomic E-state index is 0.568. The van der Waals surface area contributed by atoms with Gasteiger partial charge >= 0.3 is 0 Å². The molecule has 2 heteroatoms. The smallest absolute Gasteiger partial charge is 0.0300 e. The van der Waals surface area contributed by atoms with Crippen LogP contribution in [0.2, 0.25) is 0 Å². The van der Waals surface area contributed by atoms with Gasteiger partial charge in [0.2, 0.25) is 0 Å². The Kier molecular flexibility index (Phi) is 7.28. The molecule has 0 heterocycles. The first-order valence-electron chi connectivity index (χ1n) is 4.45. The highest BCUT2D eigenvalue weighted by molar-refractivity contribution is 14.1. The van der Waals surface area contributed by atoms with Crippen LogP contribution in [-0.2, 0) is 0 Å². The molecule has 0 saturated heterocycles. The molecule has 0 aromatic rings. The Labute approximate surface area is 95.7 Å². The molecule has 0 bridgehead atoms. The van der Waals surface area contributed by atoms with Crippen molar-refractivity contribution >= 4 is 22.9 Å². The van der Waals surface area contributed by atoms with Crippen LogP contribution in [-0.4, -0.2) is 15.7 Å². The van der Waals surface area contributed by atoms with E-state index in [1.165, 1.54) is 5.57 Å². The Hall–Kier alpha value is -0.0900. The molecule has 0 aliphatic carbocycles. The Morgan fingerprint density at radius 2 is 2.08 bits per heavy atom. The lowest BCUT2D eigenvalue weighted by Gasteiger charge is -2.19. The fourth-order valence-corrected chi connectivity index (χ4v) is 1.35. The lowest BCUT2D eigenvalue weighted by atomic mass is 10.1. The average molecular weight is 291 g/mol. The van der Waals surface area contributed by atoms with Gasteiger partial charge in [-0.25, -0.2) is 3.11 Å². The molecule has 0 radical (unpaired) electrons. The molecular weight excluding hydrogens is 273 g/mol. The predicted octanol–water partition coefficient (Wildman–Crippen LogP) is 3.74. The van der Waals surface area contributed by atoms with E-state index in [0.717, 1.165) is 13.0 Å². The normalized spacial score (nSPS) is 12.2. The van der Waals surface area contributed by atoms with E-state index >= 15 is 0 Å². The van der Waals surface area contributed by atoms with Crippen molar-refractivity contribution in [1.82, 2.24) is 3.11 Å². The zero-order valence-corrected chi connectivity index (χ0v) is 10.6. The molecule has 0 aliphatic heterocycles. The van der Waals surface area contributed by atoms with Crippen LogP contribution in [0.25, 0.3) is 0 Å². The average Bonchev–Trinajstić information content (AvgIpc) is 2.05. The Morgan fingerprint density at radius 1 is 1.46 bits per heavy atom.